The first kappa shape index (κ1) is 17.0. The molecule has 1 aliphatic rings. The number of morpholine rings is 1. The molecule has 1 heterocycles. The molecular formula is C18H28NO3+. The third-order valence-corrected chi connectivity index (χ3v) is 4.05. The Labute approximate surface area is 133 Å². The van der Waals surface area contributed by atoms with E-state index in [0.29, 0.717) is 24.4 Å². The molecule has 1 aromatic rings. The number of hydrogen-bond acceptors (Lipinski definition) is 3. The maximum absolute atomic E-state index is 11.3. The Hall–Kier alpha value is -1.39. The van der Waals surface area contributed by atoms with Gasteiger partial charge in [-0.15, -0.1) is 0 Å². The number of ether oxygens (including phenoxy) is 2. The van der Waals surface area contributed by atoms with Crippen LogP contribution in [0.5, 0.6) is 5.75 Å². The summed E-state index contributed by atoms with van der Waals surface area (Å²) in [7, 11) is 0. The number of rotatable bonds is 7. The van der Waals surface area contributed by atoms with E-state index in [9.17, 15) is 4.79 Å². The van der Waals surface area contributed by atoms with Gasteiger partial charge in [0.05, 0.1) is 13.2 Å². The second kappa shape index (κ2) is 8.30. The summed E-state index contributed by atoms with van der Waals surface area (Å²) in [5.74, 6) is 0.860. The van der Waals surface area contributed by atoms with Gasteiger partial charge in [-0.2, -0.15) is 0 Å². The molecule has 0 amide bonds. The average molecular weight is 306 g/mol. The molecule has 0 bridgehead atoms. The first-order valence-electron chi connectivity index (χ1n) is 8.27. The Bertz CT molecular complexity index is 479. The van der Waals surface area contributed by atoms with Crippen LogP contribution >= 0.6 is 0 Å². The predicted molar refractivity (Wildman–Crippen MR) is 86.7 cm³/mol. The number of nitrogens with one attached hydrogen (secondary N) is 1. The van der Waals surface area contributed by atoms with E-state index in [4.69, 9.17) is 9.47 Å². The molecule has 0 radical (unpaired) electrons. The summed E-state index contributed by atoms with van der Waals surface area (Å²) >= 11 is 0. The lowest BCUT2D eigenvalue weighted by atomic mass is 10.1. The Morgan fingerprint density at radius 1 is 1.27 bits per heavy atom. The second-order valence-corrected chi connectivity index (χ2v) is 6.31. The maximum Gasteiger partial charge on any atom is 0.159 e. The van der Waals surface area contributed by atoms with Crippen LogP contribution in [0.3, 0.4) is 0 Å². The third kappa shape index (κ3) is 5.43. The molecule has 0 unspecified atom stereocenters. The minimum absolute atomic E-state index is 0.0737. The van der Waals surface area contributed by atoms with E-state index in [0.717, 1.165) is 31.7 Å². The zero-order valence-corrected chi connectivity index (χ0v) is 13.9. The molecule has 2 rings (SSSR count). The van der Waals surface area contributed by atoms with Gasteiger partial charge < -0.3 is 14.4 Å². The molecule has 4 heteroatoms. The number of quaternary nitrogens is 1. The van der Waals surface area contributed by atoms with Crippen molar-refractivity contribution < 1.29 is 19.2 Å². The fourth-order valence-corrected chi connectivity index (χ4v) is 3.07. The number of carbonyl (C=O) groups is 1. The van der Waals surface area contributed by atoms with E-state index in [1.54, 1.807) is 11.8 Å². The lowest BCUT2D eigenvalue weighted by Gasteiger charge is -2.32. The van der Waals surface area contributed by atoms with Gasteiger partial charge in [0, 0.05) is 5.56 Å². The van der Waals surface area contributed by atoms with Gasteiger partial charge in [0.15, 0.2) is 5.78 Å². The highest BCUT2D eigenvalue weighted by Gasteiger charge is 2.24. The fourth-order valence-electron chi connectivity index (χ4n) is 3.07. The van der Waals surface area contributed by atoms with Crippen molar-refractivity contribution in [2.75, 3.05) is 26.2 Å². The number of benzene rings is 1. The van der Waals surface area contributed by atoms with E-state index >= 15 is 0 Å². The second-order valence-electron chi connectivity index (χ2n) is 6.31. The van der Waals surface area contributed by atoms with E-state index < -0.39 is 0 Å². The van der Waals surface area contributed by atoms with Crippen LogP contribution < -0.4 is 9.64 Å². The van der Waals surface area contributed by atoms with Crippen molar-refractivity contribution in [2.45, 2.75) is 45.8 Å². The Morgan fingerprint density at radius 2 is 2.00 bits per heavy atom. The van der Waals surface area contributed by atoms with Crippen molar-refractivity contribution in [3.63, 3.8) is 0 Å². The fraction of sp³-hybridized carbons (Fsp3) is 0.611. The lowest BCUT2D eigenvalue weighted by molar-refractivity contribution is -0.915. The van der Waals surface area contributed by atoms with Crippen LogP contribution in [0, 0.1) is 0 Å². The van der Waals surface area contributed by atoms with Crippen LogP contribution in [0.4, 0.5) is 0 Å². The average Bonchev–Trinajstić information content (AvgIpc) is 2.46. The van der Waals surface area contributed by atoms with Crippen molar-refractivity contribution in [3.8, 4) is 5.75 Å². The van der Waals surface area contributed by atoms with Gasteiger partial charge in [0.1, 0.15) is 31.0 Å². The molecule has 122 valence electrons. The summed E-state index contributed by atoms with van der Waals surface area (Å²) in [6.07, 6.45) is 2.92. The van der Waals surface area contributed by atoms with Crippen molar-refractivity contribution in [3.05, 3.63) is 29.8 Å². The third-order valence-electron chi connectivity index (χ3n) is 4.05. The number of unbranched alkanes of at least 4 members (excludes halogenated alkanes) is 1. The van der Waals surface area contributed by atoms with Crippen molar-refractivity contribution in [2.24, 2.45) is 0 Å². The number of ketones is 1. The summed E-state index contributed by atoms with van der Waals surface area (Å²) in [5.41, 5.74) is 0.707. The van der Waals surface area contributed by atoms with Gasteiger partial charge in [0.25, 0.3) is 0 Å². The smallest absolute Gasteiger partial charge is 0.159 e. The molecule has 1 N–H and O–H groups in total. The highest BCUT2D eigenvalue weighted by Crippen LogP contribution is 2.14. The molecule has 0 saturated carbocycles. The zero-order chi connectivity index (χ0) is 15.9. The van der Waals surface area contributed by atoms with Crippen LogP contribution in [0.25, 0.3) is 0 Å². The SMILES string of the molecule is CC(=O)c1cccc(OCCCC[NH+]2C[C@H](C)O[C@@H](C)C2)c1. The molecule has 4 nitrogen and oxygen atoms in total. The van der Waals surface area contributed by atoms with Gasteiger partial charge in [-0.1, -0.05) is 12.1 Å². The molecule has 1 aliphatic heterocycles. The Morgan fingerprint density at radius 3 is 2.68 bits per heavy atom. The molecule has 0 aliphatic carbocycles. The molecular weight excluding hydrogens is 278 g/mol. The summed E-state index contributed by atoms with van der Waals surface area (Å²) in [5, 5.41) is 0. The predicted octanol–water partition coefficient (Wildman–Crippen LogP) is 1.74. The summed E-state index contributed by atoms with van der Waals surface area (Å²) < 4.78 is 11.5. The minimum Gasteiger partial charge on any atom is -0.494 e. The van der Waals surface area contributed by atoms with Gasteiger partial charge in [-0.05, 0) is 45.7 Å². The first-order valence-corrected chi connectivity index (χ1v) is 8.27. The quantitative estimate of drug-likeness (QED) is 0.616. The van der Waals surface area contributed by atoms with E-state index in [2.05, 4.69) is 13.8 Å². The lowest BCUT2D eigenvalue weighted by Crippen LogP contribution is -3.15. The molecule has 22 heavy (non-hydrogen) atoms. The van der Waals surface area contributed by atoms with Crippen LogP contribution in [0.2, 0.25) is 0 Å². The minimum atomic E-state index is 0.0737. The maximum atomic E-state index is 11.3. The standard InChI is InChI=1S/C18H27NO3/c1-14-12-19(13-15(2)22-14)9-4-5-10-21-18-8-6-7-17(11-18)16(3)20/h6-8,11,14-15H,4-5,9-10,12-13H2,1-3H3/p+1/t14-,15-/m0/s1. The Kier molecular flexibility index (Phi) is 6.40. The molecule has 1 aromatic carbocycles. The molecule has 1 fully saturated rings. The van der Waals surface area contributed by atoms with Gasteiger partial charge in [0.2, 0.25) is 0 Å². The van der Waals surface area contributed by atoms with Gasteiger partial charge in [-0.3, -0.25) is 4.79 Å². The number of hydrogen-bond donors (Lipinski definition) is 1. The monoisotopic (exact) mass is 306 g/mol. The van der Waals surface area contributed by atoms with Crippen LogP contribution in [-0.4, -0.2) is 44.2 Å². The molecule has 0 aromatic heterocycles. The Balaban J connectivity index is 1.65. The normalized spacial score (nSPS) is 25.0. The number of carbonyl (C=O) groups excluding carboxylic acids is 1. The molecule has 2 atom stereocenters. The molecule has 0 spiro atoms. The van der Waals surface area contributed by atoms with E-state index in [1.165, 1.54) is 6.54 Å². The highest BCUT2D eigenvalue weighted by atomic mass is 16.5. The summed E-state index contributed by atoms with van der Waals surface area (Å²) in [4.78, 5) is 13.0. The van der Waals surface area contributed by atoms with E-state index in [1.807, 2.05) is 24.3 Å². The van der Waals surface area contributed by atoms with E-state index in [-0.39, 0.29) is 5.78 Å². The van der Waals surface area contributed by atoms with Crippen molar-refractivity contribution >= 4 is 5.78 Å². The van der Waals surface area contributed by atoms with Crippen molar-refractivity contribution in [1.29, 1.82) is 0 Å². The van der Waals surface area contributed by atoms with Crippen LogP contribution in [0.1, 0.15) is 44.0 Å². The largest absolute Gasteiger partial charge is 0.494 e. The van der Waals surface area contributed by atoms with Gasteiger partial charge in [-0.25, -0.2) is 0 Å². The van der Waals surface area contributed by atoms with Crippen LogP contribution in [-0.2, 0) is 4.74 Å². The highest BCUT2D eigenvalue weighted by molar-refractivity contribution is 5.94. The first-order chi connectivity index (χ1) is 10.5. The van der Waals surface area contributed by atoms with Crippen molar-refractivity contribution in [1.82, 2.24) is 0 Å². The summed E-state index contributed by atoms with van der Waals surface area (Å²) in [6.45, 7) is 9.97. The zero-order valence-electron chi connectivity index (χ0n) is 13.9. The topological polar surface area (TPSA) is 40.0 Å². The van der Waals surface area contributed by atoms with Gasteiger partial charge >= 0.3 is 0 Å². The number of Topliss-reactive ketones (excluding diaryl/α,β-unsaturated/α-hetero) is 1. The summed E-state index contributed by atoms with van der Waals surface area (Å²) in [6, 6.07) is 7.41. The molecule has 1 saturated heterocycles. The van der Waals surface area contributed by atoms with Crippen LogP contribution in [0.15, 0.2) is 24.3 Å².